The second kappa shape index (κ2) is 7.05. The lowest BCUT2D eigenvalue weighted by Crippen LogP contribution is -2.05. The Morgan fingerprint density at radius 1 is 1.17 bits per heavy atom. The number of nitrogens with zero attached hydrogens (tertiary/aromatic N) is 1. The zero-order valence-corrected chi connectivity index (χ0v) is 14.3. The minimum atomic E-state index is -0.456. The maximum Gasteiger partial charge on any atom is 0.199 e. The summed E-state index contributed by atoms with van der Waals surface area (Å²) >= 11 is 3.43. The van der Waals surface area contributed by atoms with Crippen molar-refractivity contribution in [3.8, 4) is 11.6 Å². The van der Waals surface area contributed by atoms with Gasteiger partial charge in [0.25, 0.3) is 0 Å². The summed E-state index contributed by atoms with van der Waals surface area (Å²) in [6.45, 7) is -0.163. The lowest BCUT2D eigenvalue weighted by atomic mass is 10.0. The number of aliphatic imine (C=N–C) groups is 1. The van der Waals surface area contributed by atoms with Crippen LogP contribution in [0.4, 0.5) is 4.39 Å². The monoisotopic (exact) mass is 390 g/mol. The van der Waals surface area contributed by atoms with E-state index in [1.165, 1.54) is 0 Å². The zero-order chi connectivity index (χ0) is 17.1. The van der Waals surface area contributed by atoms with Crippen molar-refractivity contribution < 1.29 is 14.6 Å². The van der Waals surface area contributed by atoms with Crippen molar-refractivity contribution in [3.05, 3.63) is 58.1 Å². The lowest BCUT2D eigenvalue weighted by molar-refractivity contribution is 0.457. The number of aromatic nitrogens is 1. The van der Waals surface area contributed by atoms with Crippen LogP contribution in [0.2, 0.25) is 0 Å². The van der Waals surface area contributed by atoms with Crippen LogP contribution in [0.3, 0.4) is 0 Å². The molecule has 0 bridgehead atoms. The van der Waals surface area contributed by atoms with Crippen LogP contribution >= 0.6 is 15.9 Å². The topological polar surface area (TPSA) is 68.6 Å². The number of halogens is 2. The molecule has 0 saturated heterocycles. The van der Waals surface area contributed by atoms with Crippen LogP contribution in [0.1, 0.15) is 17.5 Å². The number of hydrogen-bond donors (Lipinski definition) is 3. The third kappa shape index (κ3) is 3.28. The first-order valence-corrected chi connectivity index (χ1v) is 8.30. The van der Waals surface area contributed by atoms with E-state index in [2.05, 4.69) is 25.9 Å². The number of rotatable bonds is 5. The average Bonchev–Trinajstić information content (AvgIpc) is 2.87. The average molecular weight is 391 g/mol. The number of aromatic hydroxyl groups is 2. The second-order valence-electron chi connectivity index (χ2n) is 5.36. The molecule has 6 heteroatoms. The molecule has 0 aliphatic carbocycles. The maximum atomic E-state index is 12.5. The summed E-state index contributed by atoms with van der Waals surface area (Å²) in [5.41, 5.74) is 2.48. The molecule has 1 heterocycles. The third-order valence-electron chi connectivity index (χ3n) is 3.66. The van der Waals surface area contributed by atoms with Crippen molar-refractivity contribution in [1.29, 1.82) is 0 Å². The summed E-state index contributed by atoms with van der Waals surface area (Å²) in [4.78, 5) is 7.40. The number of phenolic OH excluding ortho intramolecular Hbond substituents is 1. The quantitative estimate of drug-likeness (QED) is 0.442. The molecule has 0 amide bonds. The molecule has 3 rings (SSSR count). The van der Waals surface area contributed by atoms with E-state index in [9.17, 15) is 14.6 Å². The van der Waals surface area contributed by atoms with E-state index in [4.69, 9.17) is 0 Å². The Morgan fingerprint density at radius 2 is 2.00 bits per heavy atom. The highest BCUT2D eigenvalue weighted by Crippen LogP contribution is 2.32. The molecule has 0 atom stereocenters. The van der Waals surface area contributed by atoms with Gasteiger partial charge < -0.3 is 15.2 Å². The van der Waals surface area contributed by atoms with Crippen molar-refractivity contribution in [1.82, 2.24) is 4.98 Å². The molecule has 0 spiro atoms. The molecule has 0 fully saturated rings. The van der Waals surface area contributed by atoms with Crippen molar-refractivity contribution in [2.75, 3.05) is 13.2 Å². The third-order valence-corrected chi connectivity index (χ3v) is 4.15. The van der Waals surface area contributed by atoms with Gasteiger partial charge in [-0.05, 0) is 36.8 Å². The SMILES string of the molecule is Oc1cccc(C(=NCCCF)c2c(O)[nH]c3ccc(Br)cc23)c1. The van der Waals surface area contributed by atoms with Crippen molar-refractivity contribution >= 4 is 32.5 Å². The Bertz CT molecular complexity index is 905. The zero-order valence-electron chi connectivity index (χ0n) is 12.8. The van der Waals surface area contributed by atoms with E-state index in [-0.39, 0.29) is 11.6 Å². The van der Waals surface area contributed by atoms with Gasteiger partial charge in [-0.2, -0.15) is 0 Å². The normalized spacial score (nSPS) is 12.0. The Labute approximate surface area is 146 Å². The van der Waals surface area contributed by atoms with Gasteiger partial charge in [0.1, 0.15) is 5.75 Å². The largest absolute Gasteiger partial charge is 0.508 e. The van der Waals surface area contributed by atoms with Gasteiger partial charge in [-0.15, -0.1) is 0 Å². The highest BCUT2D eigenvalue weighted by molar-refractivity contribution is 9.10. The van der Waals surface area contributed by atoms with Crippen LogP contribution in [0, 0.1) is 0 Å². The van der Waals surface area contributed by atoms with Crippen molar-refractivity contribution in [2.45, 2.75) is 6.42 Å². The molecule has 1 aromatic heterocycles. The van der Waals surface area contributed by atoms with Gasteiger partial charge in [-0.1, -0.05) is 28.1 Å². The van der Waals surface area contributed by atoms with Crippen LogP contribution in [-0.4, -0.2) is 34.1 Å². The first-order chi connectivity index (χ1) is 11.6. The molecular weight excluding hydrogens is 375 g/mol. The molecule has 0 unspecified atom stereocenters. The fourth-order valence-electron chi connectivity index (χ4n) is 2.61. The Balaban J connectivity index is 2.21. The first-order valence-electron chi connectivity index (χ1n) is 7.50. The fraction of sp³-hybridized carbons (Fsp3) is 0.167. The summed E-state index contributed by atoms with van der Waals surface area (Å²) in [7, 11) is 0. The fourth-order valence-corrected chi connectivity index (χ4v) is 2.97. The van der Waals surface area contributed by atoms with Crippen LogP contribution in [0.5, 0.6) is 11.6 Å². The Morgan fingerprint density at radius 3 is 2.75 bits per heavy atom. The number of fused-ring (bicyclic) bond motifs is 1. The van der Waals surface area contributed by atoms with Crippen molar-refractivity contribution in [3.63, 3.8) is 0 Å². The molecule has 124 valence electrons. The predicted octanol–water partition coefficient (Wildman–Crippen LogP) is 4.54. The highest BCUT2D eigenvalue weighted by Gasteiger charge is 2.18. The van der Waals surface area contributed by atoms with Gasteiger partial charge >= 0.3 is 0 Å². The van der Waals surface area contributed by atoms with Crippen LogP contribution in [0.25, 0.3) is 10.9 Å². The molecule has 0 aliphatic rings. The number of hydrogen-bond acceptors (Lipinski definition) is 3. The van der Waals surface area contributed by atoms with Gasteiger partial charge in [0.2, 0.25) is 0 Å². The summed E-state index contributed by atoms with van der Waals surface area (Å²) in [5.74, 6) is 0.0941. The molecule has 4 nitrogen and oxygen atoms in total. The van der Waals surface area contributed by atoms with Crippen LogP contribution < -0.4 is 0 Å². The Hall–Kier alpha value is -2.34. The van der Waals surface area contributed by atoms with E-state index in [1.807, 2.05) is 18.2 Å². The predicted molar refractivity (Wildman–Crippen MR) is 96.9 cm³/mol. The van der Waals surface area contributed by atoms with Crippen molar-refractivity contribution in [2.24, 2.45) is 4.99 Å². The molecule has 2 aromatic carbocycles. The van der Waals surface area contributed by atoms with Gasteiger partial charge in [0.15, 0.2) is 5.88 Å². The number of H-pyrrole nitrogens is 1. The molecule has 0 saturated carbocycles. The molecule has 0 aliphatic heterocycles. The van der Waals surface area contributed by atoms with E-state index < -0.39 is 6.67 Å². The number of nitrogens with one attached hydrogen (secondary N) is 1. The van der Waals surface area contributed by atoms with E-state index in [0.717, 1.165) is 15.4 Å². The van der Waals surface area contributed by atoms with Gasteiger partial charge in [-0.3, -0.25) is 9.38 Å². The smallest absolute Gasteiger partial charge is 0.199 e. The molecule has 3 N–H and O–H groups in total. The number of benzene rings is 2. The summed E-state index contributed by atoms with van der Waals surface area (Å²) in [6, 6.07) is 12.2. The summed E-state index contributed by atoms with van der Waals surface area (Å²) in [6.07, 6.45) is 0.301. The van der Waals surface area contributed by atoms with Crippen LogP contribution in [-0.2, 0) is 0 Å². The van der Waals surface area contributed by atoms with Gasteiger partial charge in [-0.25, -0.2) is 0 Å². The standard InChI is InChI=1S/C18H16BrFN2O2/c19-12-5-6-15-14(10-12)16(18(24)22-15)17(21-8-2-7-20)11-3-1-4-13(23)9-11/h1,3-6,9-10,22-24H,2,7-8H2. The van der Waals surface area contributed by atoms with Crippen LogP contribution in [0.15, 0.2) is 51.9 Å². The van der Waals surface area contributed by atoms with Gasteiger partial charge in [0.05, 0.1) is 17.9 Å². The maximum absolute atomic E-state index is 12.5. The van der Waals surface area contributed by atoms with E-state index in [1.54, 1.807) is 24.3 Å². The minimum absolute atomic E-state index is 0.00885. The number of aromatic amines is 1. The van der Waals surface area contributed by atoms with E-state index >= 15 is 0 Å². The Kier molecular flexibility index (Phi) is 4.85. The molecule has 3 aromatic rings. The molecule has 24 heavy (non-hydrogen) atoms. The van der Waals surface area contributed by atoms with E-state index in [0.29, 0.717) is 29.8 Å². The second-order valence-corrected chi connectivity index (χ2v) is 6.28. The minimum Gasteiger partial charge on any atom is -0.508 e. The summed E-state index contributed by atoms with van der Waals surface area (Å²) in [5, 5.41) is 21.0. The van der Waals surface area contributed by atoms with Gasteiger partial charge in [0, 0.05) is 27.5 Å². The highest BCUT2D eigenvalue weighted by atomic mass is 79.9. The number of alkyl halides is 1. The molecular formula is C18H16BrFN2O2. The first kappa shape index (κ1) is 16.5. The lowest BCUT2D eigenvalue weighted by Gasteiger charge is -2.08. The number of phenols is 1. The summed E-state index contributed by atoms with van der Waals surface area (Å²) < 4.78 is 13.3. The molecule has 0 radical (unpaired) electrons.